The summed E-state index contributed by atoms with van der Waals surface area (Å²) < 4.78 is 14.6. The summed E-state index contributed by atoms with van der Waals surface area (Å²) in [5.41, 5.74) is 3.33. The molecule has 1 N–H and O–H groups in total. The minimum atomic E-state index is -0.284. The zero-order chi connectivity index (χ0) is 18.8. The molecule has 4 aromatic rings. The SMILES string of the molecule is Cc1cc(NC(=O)c2ccc(-c3ccc(F)cc3)s2)ccc1-n1cnnn1. The van der Waals surface area contributed by atoms with Crippen LogP contribution in [0, 0.1) is 12.7 Å². The molecule has 27 heavy (non-hydrogen) atoms. The maximum absolute atomic E-state index is 13.1. The third-order valence-electron chi connectivity index (χ3n) is 4.01. The number of halogens is 1. The van der Waals surface area contributed by atoms with Gasteiger partial charge in [0.2, 0.25) is 0 Å². The zero-order valence-corrected chi connectivity index (χ0v) is 15.1. The first-order valence-corrected chi connectivity index (χ1v) is 8.93. The minimum Gasteiger partial charge on any atom is -0.321 e. The molecular formula is C19H14FN5OS. The largest absolute Gasteiger partial charge is 0.321 e. The molecule has 0 fully saturated rings. The lowest BCUT2D eigenvalue weighted by Gasteiger charge is -2.08. The van der Waals surface area contributed by atoms with Gasteiger partial charge in [-0.1, -0.05) is 12.1 Å². The lowest BCUT2D eigenvalue weighted by molar-refractivity contribution is 0.103. The van der Waals surface area contributed by atoms with Crippen LogP contribution in [0.3, 0.4) is 0 Å². The highest BCUT2D eigenvalue weighted by Crippen LogP contribution is 2.29. The van der Waals surface area contributed by atoms with Crippen molar-refractivity contribution in [2.24, 2.45) is 0 Å². The molecule has 0 aliphatic rings. The van der Waals surface area contributed by atoms with Crippen molar-refractivity contribution in [3.63, 3.8) is 0 Å². The topological polar surface area (TPSA) is 72.7 Å². The van der Waals surface area contributed by atoms with E-state index < -0.39 is 0 Å². The van der Waals surface area contributed by atoms with Crippen molar-refractivity contribution < 1.29 is 9.18 Å². The minimum absolute atomic E-state index is 0.192. The summed E-state index contributed by atoms with van der Waals surface area (Å²) in [6.07, 6.45) is 1.52. The van der Waals surface area contributed by atoms with E-state index in [1.807, 2.05) is 25.1 Å². The van der Waals surface area contributed by atoms with Gasteiger partial charge in [0.05, 0.1) is 10.6 Å². The van der Waals surface area contributed by atoms with Crippen LogP contribution in [0.25, 0.3) is 16.1 Å². The number of tetrazole rings is 1. The van der Waals surface area contributed by atoms with E-state index in [0.29, 0.717) is 10.6 Å². The molecule has 0 aliphatic carbocycles. The van der Waals surface area contributed by atoms with Gasteiger partial charge in [-0.05, 0) is 70.9 Å². The van der Waals surface area contributed by atoms with E-state index in [4.69, 9.17) is 0 Å². The second kappa shape index (κ2) is 7.08. The van der Waals surface area contributed by atoms with Crippen molar-refractivity contribution >= 4 is 22.9 Å². The smallest absolute Gasteiger partial charge is 0.265 e. The van der Waals surface area contributed by atoms with Gasteiger partial charge in [0.25, 0.3) is 5.91 Å². The molecule has 0 aliphatic heterocycles. The second-order valence-electron chi connectivity index (χ2n) is 5.88. The first-order valence-electron chi connectivity index (χ1n) is 8.11. The summed E-state index contributed by atoms with van der Waals surface area (Å²) in [4.78, 5) is 14.0. The summed E-state index contributed by atoms with van der Waals surface area (Å²) in [7, 11) is 0. The van der Waals surface area contributed by atoms with Crippen molar-refractivity contribution in [3.05, 3.63) is 77.2 Å². The maximum atomic E-state index is 13.1. The van der Waals surface area contributed by atoms with Crippen LogP contribution in [0.1, 0.15) is 15.2 Å². The van der Waals surface area contributed by atoms with Crippen molar-refractivity contribution in [1.82, 2.24) is 20.2 Å². The van der Waals surface area contributed by atoms with E-state index in [-0.39, 0.29) is 11.7 Å². The number of nitrogens with one attached hydrogen (secondary N) is 1. The molecule has 6 nitrogen and oxygen atoms in total. The molecule has 0 atom stereocenters. The fraction of sp³-hybridized carbons (Fsp3) is 0.0526. The Labute approximate surface area is 158 Å². The Kier molecular flexibility index (Phi) is 4.47. The quantitative estimate of drug-likeness (QED) is 0.580. The molecule has 0 saturated heterocycles. The number of nitrogens with zero attached hydrogens (tertiary/aromatic N) is 4. The molecular weight excluding hydrogens is 365 g/mol. The Morgan fingerprint density at radius 1 is 1.11 bits per heavy atom. The lowest BCUT2D eigenvalue weighted by Crippen LogP contribution is -2.10. The molecule has 0 bridgehead atoms. The third-order valence-corrected chi connectivity index (χ3v) is 5.14. The number of aromatic nitrogens is 4. The number of aryl methyl sites for hydroxylation is 1. The molecule has 0 spiro atoms. The van der Waals surface area contributed by atoms with Gasteiger partial charge in [0, 0.05) is 10.6 Å². The highest BCUT2D eigenvalue weighted by Gasteiger charge is 2.12. The molecule has 0 unspecified atom stereocenters. The summed E-state index contributed by atoms with van der Waals surface area (Å²) in [6.45, 7) is 1.92. The number of thiophene rings is 1. The molecule has 8 heteroatoms. The fourth-order valence-corrected chi connectivity index (χ4v) is 3.59. The normalized spacial score (nSPS) is 10.7. The van der Waals surface area contributed by atoms with E-state index in [2.05, 4.69) is 20.8 Å². The fourth-order valence-electron chi connectivity index (χ4n) is 2.68. The van der Waals surface area contributed by atoms with Crippen LogP contribution < -0.4 is 5.32 Å². The summed E-state index contributed by atoms with van der Waals surface area (Å²) in [6, 6.07) is 15.3. The molecule has 134 valence electrons. The Balaban J connectivity index is 1.51. The number of hydrogen-bond acceptors (Lipinski definition) is 5. The Morgan fingerprint density at radius 3 is 2.63 bits per heavy atom. The van der Waals surface area contributed by atoms with Crippen molar-refractivity contribution in [2.45, 2.75) is 6.92 Å². The monoisotopic (exact) mass is 379 g/mol. The number of benzene rings is 2. The number of rotatable bonds is 4. The number of hydrogen-bond donors (Lipinski definition) is 1. The molecule has 0 saturated carbocycles. The predicted molar refractivity (Wildman–Crippen MR) is 102 cm³/mol. The average molecular weight is 379 g/mol. The van der Waals surface area contributed by atoms with Gasteiger partial charge in [-0.15, -0.1) is 16.4 Å². The molecule has 2 aromatic heterocycles. The zero-order valence-electron chi connectivity index (χ0n) is 14.3. The van der Waals surface area contributed by atoms with Crippen molar-refractivity contribution in [3.8, 4) is 16.1 Å². The van der Waals surface area contributed by atoms with Crippen LogP contribution in [0.4, 0.5) is 10.1 Å². The Morgan fingerprint density at radius 2 is 1.93 bits per heavy atom. The summed E-state index contributed by atoms with van der Waals surface area (Å²) >= 11 is 1.36. The first-order chi connectivity index (χ1) is 13.1. The molecule has 2 heterocycles. The van der Waals surface area contributed by atoms with Crippen LogP contribution >= 0.6 is 11.3 Å². The van der Waals surface area contributed by atoms with Gasteiger partial charge in [-0.25, -0.2) is 9.07 Å². The number of anilines is 1. The highest BCUT2D eigenvalue weighted by molar-refractivity contribution is 7.17. The van der Waals surface area contributed by atoms with Gasteiger partial charge in [0.1, 0.15) is 12.1 Å². The van der Waals surface area contributed by atoms with Gasteiger partial charge >= 0.3 is 0 Å². The number of carbonyl (C=O) groups is 1. The van der Waals surface area contributed by atoms with Gasteiger partial charge < -0.3 is 5.32 Å². The van der Waals surface area contributed by atoms with Crippen LogP contribution in [0.15, 0.2) is 60.9 Å². The molecule has 0 radical (unpaired) electrons. The molecule has 1 amide bonds. The third kappa shape index (κ3) is 3.61. The van der Waals surface area contributed by atoms with Gasteiger partial charge in [0.15, 0.2) is 0 Å². The predicted octanol–water partition coefficient (Wildman–Crippen LogP) is 4.09. The van der Waals surface area contributed by atoms with E-state index >= 15 is 0 Å². The lowest BCUT2D eigenvalue weighted by atomic mass is 10.1. The average Bonchev–Trinajstić information content (AvgIpc) is 3.35. The molecule has 4 rings (SSSR count). The van der Waals surface area contributed by atoms with Crippen molar-refractivity contribution in [2.75, 3.05) is 5.32 Å². The van der Waals surface area contributed by atoms with E-state index in [0.717, 1.165) is 21.7 Å². The van der Waals surface area contributed by atoms with Gasteiger partial charge in [-0.3, -0.25) is 4.79 Å². The van der Waals surface area contributed by atoms with E-state index in [9.17, 15) is 9.18 Å². The van der Waals surface area contributed by atoms with Crippen LogP contribution in [0.2, 0.25) is 0 Å². The molecule has 2 aromatic carbocycles. The summed E-state index contributed by atoms with van der Waals surface area (Å²) in [5.74, 6) is -0.475. The van der Waals surface area contributed by atoms with Crippen LogP contribution in [0.5, 0.6) is 0 Å². The first kappa shape index (κ1) is 17.0. The second-order valence-corrected chi connectivity index (χ2v) is 6.96. The maximum Gasteiger partial charge on any atom is 0.265 e. The number of amides is 1. The standard InChI is InChI=1S/C19H14FN5OS/c1-12-10-15(6-7-16(12)25-11-21-23-24-25)22-19(26)18-9-8-17(27-18)13-2-4-14(20)5-3-13/h2-11H,1H3,(H,22,26). The Hall–Kier alpha value is -3.39. The Bertz CT molecular complexity index is 1090. The van der Waals surface area contributed by atoms with Crippen LogP contribution in [-0.4, -0.2) is 26.1 Å². The highest BCUT2D eigenvalue weighted by atomic mass is 32.1. The van der Waals surface area contributed by atoms with Crippen molar-refractivity contribution in [1.29, 1.82) is 0 Å². The number of carbonyl (C=O) groups excluding carboxylic acids is 1. The van der Waals surface area contributed by atoms with E-state index in [1.54, 1.807) is 28.9 Å². The summed E-state index contributed by atoms with van der Waals surface area (Å²) in [5, 5.41) is 14.0. The van der Waals surface area contributed by atoms with Crippen LogP contribution in [-0.2, 0) is 0 Å². The van der Waals surface area contributed by atoms with Gasteiger partial charge in [-0.2, -0.15) is 0 Å². The van der Waals surface area contributed by atoms with E-state index in [1.165, 1.54) is 29.8 Å².